The van der Waals surface area contributed by atoms with E-state index in [9.17, 15) is 9.59 Å². The van der Waals surface area contributed by atoms with Crippen LogP contribution < -0.4 is 0 Å². The smallest absolute Gasteiger partial charge is 0.409 e. The number of benzene rings is 1. The minimum Gasteiger partial charge on any atom is -0.453 e. The van der Waals surface area contributed by atoms with Gasteiger partial charge in [-0.2, -0.15) is 0 Å². The number of likely N-dealkylation sites (tertiary alicyclic amines) is 2. The Bertz CT molecular complexity index is 574. The maximum atomic E-state index is 12.8. The largest absolute Gasteiger partial charge is 0.453 e. The van der Waals surface area contributed by atoms with Gasteiger partial charge in [-0.3, -0.25) is 4.79 Å². The molecule has 2 saturated heterocycles. The number of amides is 2. The van der Waals surface area contributed by atoms with E-state index in [-0.39, 0.29) is 17.9 Å². The van der Waals surface area contributed by atoms with Gasteiger partial charge in [-0.25, -0.2) is 4.79 Å². The van der Waals surface area contributed by atoms with Gasteiger partial charge in [-0.05, 0) is 43.6 Å². The predicted octanol–water partition coefficient (Wildman–Crippen LogP) is 2.95. The Labute approximate surface area is 149 Å². The summed E-state index contributed by atoms with van der Waals surface area (Å²) in [4.78, 5) is 28.0. The van der Waals surface area contributed by atoms with E-state index >= 15 is 0 Å². The van der Waals surface area contributed by atoms with Crippen molar-refractivity contribution >= 4 is 12.0 Å². The molecule has 0 bridgehead atoms. The third-order valence-electron chi connectivity index (χ3n) is 5.57. The first-order chi connectivity index (χ1) is 12.2. The molecular formula is C20H28N2O3. The molecular weight excluding hydrogens is 316 g/mol. The van der Waals surface area contributed by atoms with Gasteiger partial charge in [0.15, 0.2) is 0 Å². The second kappa shape index (κ2) is 8.37. The topological polar surface area (TPSA) is 49.9 Å². The number of piperidine rings is 2. The van der Waals surface area contributed by atoms with Crippen LogP contribution in [0.5, 0.6) is 0 Å². The van der Waals surface area contributed by atoms with Gasteiger partial charge in [-0.15, -0.1) is 0 Å². The molecule has 2 heterocycles. The first-order valence-electron chi connectivity index (χ1n) is 9.33. The fraction of sp³-hybridized carbons (Fsp3) is 0.600. The van der Waals surface area contributed by atoms with Gasteiger partial charge in [0.1, 0.15) is 0 Å². The second-order valence-electron chi connectivity index (χ2n) is 7.19. The monoisotopic (exact) mass is 344 g/mol. The summed E-state index contributed by atoms with van der Waals surface area (Å²) in [5.41, 5.74) is 1.39. The van der Waals surface area contributed by atoms with Crippen LogP contribution in [0.25, 0.3) is 0 Å². The molecule has 0 aliphatic carbocycles. The van der Waals surface area contributed by atoms with E-state index in [0.29, 0.717) is 19.0 Å². The number of carbonyl (C=O) groups excluding carboxylic acids is 2. The van der Waals surface area contributed by atoms with Crippen LogP contribution in [-0.2, 0) is 16.0 Å². The van der Waals surface area contributed by atoms with Crippen molar-refractivity contribution in [2.45, 2.75) is 32.1 Å². The van der Waals surface area contributed by atoms with Crippen molar-refractivity contribution in [1.82, 2.24) is 9.80 Å². The summed E-state index contributed by atoms with van der Waals surface area (Å²) >= 11 is 0. The second-order valence-corrected chi connectivity index (χ2v) is 7.19. The molecule has 0 saturated carbocycles. The molecule has 1 aromatic carbocycles. The molecule has 0 N–H and O–H groups in total. The average Bonchev–Trinajstić information content (AvgIpc) is 2.68. The highest BCUT2D eigenvalue weighted by atomic mass is 16.5. The van der Waals surface area contributed by atoms with E-state index in [1.165, 1.54) is 12.7 Å². The fourth-order valence-corrected chi connectivity index (χ4v) is 4.00. The molecule has 2 amide bonds. The Morgan fingerprint density at radius 2 is 1.56 bits per heavy atom. The summed E-state index contributed by atoms with van der Waals surface area (Å²) in [5, 5.41) is 0. The molecule has 3 rings (SSSR count). The molecule has 0 spiro atoms. The van der Waals surface area contributed by atoms with Crippen molar-refractivity contribution in [3.63, 3.8) is 0 Å². The third-order valence-corrected chi connectivity index (χ3v) is 5.57. The Balaban J connectivity index is 1.43. The van der Waals surface area contributed by atoms with Crippen LogP contribution in [0.4, 0.5) is 4.79 Å². The number of ether oxygens (including phenoxy) is 1. The molecule has 0 atom stereocenters. The van der Waals surface area contributed by atoms with Crippen molar-refractivity contribution in [2.24, 2.45) is 11.8 Å². The quantitative estimate of drug-likeness (QED) is 0.847. The minimum atomic E-state index is -0.285. The summed E-state index contributed by atoms with van der Waals surface area (Å²) in [6.07, 6.45) is 4.49. The number of hydrogen-bond acceptors (Lipinski definition) is 3. The maximum absolute atomic E-state index is 12.8. The van der Waals surface area contributed by atoms with Crippen LogP contribution in [-0.4, -0.2) is 55.1 Å². The van der Waals surface area contributed by atoms with Crippen LogP contribution in [0.1, 0.15) is 31.2 Å². The molecule has 2 aliphatic rings. The Kier molecular flexibility index (Phi) is 5.95. The summed E-state index contributed by atoms with van der Waals surface area (Å²) in [5.74, 6) is 1.02. The lowest BCUT2D eigenvalue weighted by molar-refractivity contribution is -0.138. The minimum absolute atomic E-state index is 0.0616. The highest BCUT2D eigenvalue weighted by Gasteiger charge is 2.32. The Morgan fingerprint density at radius 1 is 0.960 bits per heavy atom. The highest BCUT2D eigenvalue weighted by Crippen LogP contribution is 2.25. The lowest BCUT2D eigenvalue weighted by Gasteiger charge is -2.37. The summed E-state index contributed by atoms with van der Waals surface area (Å²) in [7, 11) is 1.40. The number of nitrogens with zero attached hydrogens (tertiary/aromatic N) is 2. The van der Waals surface area contributed by atoms with Crippen LogP contribution in [0.2, 0.25) is 0 Å². The van der Waals surface area contributed by atoms with E-state index in [1.807, 2.05) is 4.90 Å². The zero-order valence-electron chi connectivity index (χ0n) is 15.0. The SMILES string of the molecule is COC(=O)N1CCC(C(=O)N2CCC(Cc3ccccc3)CC2)CC1. The lowest BCUT2D eigenvalue weighted by Crippen LogP contribution is -2.46. The molecule has 1 aromatic rings. The molecule has 2 aliphatic heterocycles. The fourth-order valence-electron chi connectivity index (χ4n) is 4.00. The van der Waals surface area contributed by atoms with Crippen molar-refractivity contribution in [1.29, 1.82) is 0 Å². The van der Waals surface area contributed by atoms with Crippen molar-refractivity contribution in [3.05, 3.63) is 35.9 Å². The van der Waals surface area contributed by atoms with E-state index in [2.05, 4.69) is 30.3 Å². The highest BCUT2D eigenvalue weighted by molar-refractivity contribution is 5.79. The van der Waals surface area contributed by atoms with Gasteiger partial charge in [0, 0.05) is 32.1 Å². The van der Waals surface area contributed by atoms with Crippen molar-refractivity contribution in [2.75, 3.05) is 33.3 Å². The van der Waals surface area contributed by atoms with Crippen molar-refractivity contribution in [3.8, 4) is 0 Å². The van der Waals surface area contributed by atoms with E-state index in [1.54, 1.807) is 4.90 Å². The standard InChI is InChI=1S/C20H28N2O3/c1-25-20(24)22-13-9-18(10-14-22)19(23)21-11-7-17(8-12-21)15-16-5-3-2-4-6-16/h2-6,17-18H,7-15H2,1H3. The van der Waals surface area contributed by atoms with Crippen molar-refractivity contribution < 1.29 is 14.3 Å². The van der Waals surface area contributed by atoms with E-state index in [0.717, 1.165) is 45.2 Å². The molecule has 136 valence electrons. The molecule has 5 heteroatoms. The summed E-state index contributed by atoms with van der Waals surface area (Å²) in [6, 6.07) is 10.6. The van der Waals surface area contributed by atoms with Gasteiger partial charge in [-0.1, -0.05) is 30.3 Å². The molecule has 0 unspecified atom stereocenters. The molecule has 0 radical (unpaired) electrons. The zero-order chi connectivity index (χ0) is 17.6. The molecule has 25 heavy (non-hydrogen) atoms. The molecule has 0 aromatic heterocycles. The number of methoxy groups -OCH3 is 1. The zero-order valence-corrected chi connectivity index (χ0v) is 15.0. The van der Waals surface area contributed by atoms with Gasteiger partial charge in [0.05, 0.1) is 7.11 Å². The normalized spacial score (nSPS) is 19.7. The van der Waals surface area contributed by atoms with Crippen LogP contribution in [0.3, 0.4) is 0 Å². The third kappa shape index (κ3) is 4.53. The molecule has 2 fully saturated rings. The lowest BCUT2D eigenvalue weighted by atomic mass is 9.88. The van der Waals surface area contributed by atoms with Crippen LogP contribution in [0.15, 0.2) is 30.3 Å². The Hall–Kier alpha value is -2.04. The summed E-state index contributed by atoms with van der Waals surface area (Å²) in [6.45, 7) is 2.97. The first-order valence-corrected chi connectivity index (χ1v) is 9.33. The molecule has 5 nitrogen and oxygen atoms in total. The van der Waals surface area contributed by atoms with Gasteiger partial charge in [0.2, 0.25) is 5.91 Å². The maximum Gasteiger partial charge on any atom is 0.409 e. The first kappa shape index (κ1) is 17.8. The van der Waals surface area contributed by atoms with E-state index in [4.69, 9.17) is 4.74 Å². The number of carbonyl (C=O) groups is 2. The Morgan fingerprint density at radius 3 is 2.16 bits per heavy atom. The van der Waals surface area contributed by atoms with Gasteiger partial charge in [0.25, 0.3) is 0 Å². The number of rotatable bonds is 3. The van der Waals surface area contributed by atoms with Crippen LogP contribution >= 0.6 is 0 Å². The number of hydrogen-bond donors (Lipinski definition) is 0. The van der Waals surface area contributed by atoms with Gasteiger partial charge >= 0.3 is 6.09 Å². The van der Waals surface area contributed by atoms with Gasteiger partial charge < -0.3 is 14.5 Å². The van der Waals surface area contributed by atoms with Crippen LogP contribution in [0, 0.1) is 11.8 Å². The van der Waals surface area contributed by atoms with E-state index < -0.39 is 0 Å². The average molecular weight is 344 g/mol. The summed E-state index contributed by atoms with van der Waals surface area (Å²) < 4.78 is 4.75. The predicted molar refractivity (Wildman–Crippen MR) is 96.2 cm³/mol.